The number of benzene rings is 4. The molecule has 6 rings (SSSR count). The molecule has 35 heavy (non-hydrogen) atoms. The van der Waals surface area contributed by atoms with Crippen LogP contribution in [0.4, 0.5) is 0 Å². The van der Waals surface area contributed by atoms with Gasteiger partial charge in [0.2, 0.25) is 0 Å². The van der Waals surface area contributed by atoms with Gasteiger partial charge in [-0.1, -0.05) is 0 Å². The maximum absolute atomic E-state index is 7.14. The second-order valence-electron chi connectivity index (χ2n) is 8.22. The molecule has 4 aromatic carbocycles. The molecule has 0 aliphatic heterocycles. The summed E-state index contributed by atoms with van der Waals surface area (Å²) in [6.07, 6.45) is 3.60. The summed E-state index contributed by atoms with van der Waals surface area (Å²) in [5, 5.41) is 2.05. The van der Waals surface area contributed by atoms with E-state index in [1.807, 2.05) is 97.1 Å². The average molecular weight is 561 g/mol. The van der Waals surface area contributed by atoms with Crippen LogP contribution in [0.1, 0.15) is 0 Å². The minimum absolute atomic E-state index is 0.722. The molecule has 5 heteroatoms. The topological polar surface area (TPSA) is 44.2 Å². The van der Waals surface area contributed by atoms with Crippen molar-refractivity contribution < 1.29 is 6.15 Å². The summed E-state index contributed by atoms with van der Waals surface area (Å²) in [6, 6.07) is 40.7. The van der Waals surface area contributed by atoms with Crippen LogP contribution in [0.5, 0.6) is 11.5 Å². The minimum atomic E-state index is -4.39. The van der Waals surface area contributed by atoms with Crippen LogP contribution in [0, 0.1) is 0 Å². The fourth-order valence-electron chi connectivity index (χ4n) is 4.37. The van der Waals surface area contributed by atoms with E-state index in [0.717, 1.165) is 40.5 Å². The Balaban J connectivity index is 1.61. The second-order valence-corrected chi connectivity index (χ2v) is 16.2. The van der Waals surface area contributed by atoms with Gasteiger partial charge in [0.05, 0.1) is 0 Å². The molecule has 2 aromatic heterocycles. The van der Waals surface area contributed by atoms with Crippen molar-refractivity contribution in [3.05, 3.63) is 134 Å². The molecule has 6 aromatic rings. The monoisotopic (exact) mass is 562 g/mol. The van der Waals surface area contributed by atoms with Crippen LogP contribution >= 0.6 is 0 Å². The number of hydrogen-bond donors (Lipinski definition) is 0. The first-order chi connectivity index (χ1) is 17.3. The van der Waals surface area contributed by atoms with Gasteiger partial charge in [0.1, 0.15) is 0 Å². The number of aromatic nitrogens is 2. The molecule has 0 aliphatic rings. The molecule has 168 valence electrons. The van der Waals surface area contributed by atoms with E-state index in [1.165, 1.54) is 0 Å². The normalized spacial score (nSPS) is 11.4. The Morgan fingerprint density at radius 2 is 0.857 bits per heavy atom. The van der Waals surface area contributed by atoms with Crippen LogP contribution in [0.3, 0.4) is 0 Å². The maximum atomic E-state index is 7.14. The summed E-state index contributed by atoms with van der Waals surface area (Å²) < 4.78 is 16.4. The van der Waals surface area contributed by atoms with E-state index in [9.17, 15) is 0 Å². The Kier molecular flexibility index (Phi) is 5.80. The van der Waals surface area contributed by atoms with Crippen LogP contribution in [0.25, 0.3) is 21.8 Å². The van der Waals surface area contributed by atoms with E-state index in [2.05, 4.69) is 34.2 Å². The third-order valence-corrected chi connectivity index (χ3v) is 15.1. The molecule has 0 unspecified atom stereocenters. The fourth-order valence-corrected chi connectivity index (χ4v) is 13.1. The van der Waals surface area contributed by atoms with Gasteiger partial charge in [-0.3, -0.25) is 0 Å². The van der Waals surface area contributed by atoms with Crippen LogP contribution in [0.15, 0.2) is 134 Å². The van der Waals surface area contributed by atoms with Gasteiger partial charge in [0.25, 0.3) is 0 Å². The van der Waals surface area contributed by atoms with Crippen molar-refractivity contribution in [2.24, 2.45) is 0 Å². The fraction of sp³-hybridized carbons (Fsp3) is 0. The molecule has 0 saturated heterocycles. The molecule has 0 fully saturated rings. The molecule has 0 amide bonds. The SMILES string of the molecule is c1cc[c]([Sn]([O]c2cccc3cccnc23)([O]c2cccc3cccnc23)[c]2ccccc2)cc1. The van der Waals surface area contributed by atoms with Gasteiger partial charge in [0.15, 0.2) is 0 Å². The Morgan fingerprint density at radius 1 is 0.429 bits per heavy atom. The zero-order valence-electron chi connectivity index (χ0n) is 18.9. The molecule has 0 spiro atoms. The van der Waals surface area contributed by atoms with E-state index in [4.69, 9.17) is 6.15 Å². The van der Waals surface area contributed by atoms with Crippen molar-refractivity contribution in [2.45, 2.75) is 0 Å². The summed E-state index contributed by atoms with van der Waals surface area (Å²) in [4.78, 5) is 9.30. The van der Waals surface area contributed by atoms with Crippen molar-refractivity contribution in [3.8, 4) is 11.5 Å². The van der Waals surface area contributed by atoms with Crippen LogP contribution < -0.4 is 13.3 Å². The molecule has 0 aliphatic carbocycles. The third kappa shape index (κ3) is 4.10. The molecule has 0 bridgehead atoms. The predicted octanol–water partition coefficient (Wildman–Crippen LogP) is 5.50. The van der Waals surface area contributed by atoms with Gasteiger partial charge >= 0.3 is 210 Å². The molecule has 0 N–H and O–H groups in total. The number of para-hydroxylation sites is 2. The molecular formula is C30H22N2O2Sn. The zero-order chi connectivity index (χ0) is 23.5. The summed E-state index contributed by atoms with van der Waals surface area (Å²) >= 11 is -4.39. The number of pyridine rings is 2. The van der Waals surface area contributed by atoms with Crippen LogP contribution in [0.2, 0.25) is 0 Å². The quantitative estimate of drug-likeness (QED) is 0.252. The van der Waals surface area contributed by atoms with Crippen molar-refractivity contribution >= 4 is 48.2 Å². The van der Waals surface area contributed by atoms with Gasteiger partial charge in [-0.2, -0.15) is 0 Å². The zero-order valence-corrected chi connectivity index (χ0v) is 21.8. The third-order valence-electron chi connectivity index (χ3n) is 6.01. The molecule has 0 saturated carbocycles. The summed E-state index contributed by atoms with van der Waals surface area (Å²) in [6.45, 7) is 0. The van der Waals surface area contributed by atoms with Crippen LogP contribution in [-0.4, -0.2) is 29.2 Å². The summed E-state index contributed by atoms with van der Waals surface area (Å²) in [5.74, 6) is 1.44. The number of hydrogen-bond acceptors (Lipinski definition) is 4. The summed E-state index contributed by atoms with van der Waals surface area (Å²) in [5.41, 5.74) is 1.64. The Labute approximate surface area is 208 Å². The van der Waals surface area contributed by atoms with Crippen molar-refractivity contribution in [1.29, 1.82) is 0 Å². The van der Waals surface area contributed by atoms with Gasteiger partial charge < -0.3 is 0 Å². The van der Waals surface area contributed by atoms with Crippen LogP contribution in [-0.2, 0) is 0 Å². The number of rotatable bonds is 6. The van der Waals surface area contributed by atoms with E-state index < -0.39 is 19.2 Å². The Hall–Kier alpha value is -3.90. The Bertz CT molecular complexity index is 1470. The van der Waals surface area contributed by atoms with Crippen molar-refractivity contribution in [3.63, 3.8) is 0 Å². The van der Waals surface area contributed by atoms with Gasteiger partial charge in [-0.15, -0.1) is 0 Å². The first-order valence-electron chi connectivity index (χ1n) is 11.5. The van der Waals surface area contributed by atoms with E-state index in [0.29, 0.717) is 0 Å². The van der Waals surface area contributed by atoms with Crippen molar-refractivity contribution in [2.75, 3.05) is 0 Å². The number of fused-ring (bicyclic) bond motifs is 2. The standard InChI is InChI=1S/2C9H7NO.2C6H5.Sn/c2*11-8-5-1-3-7-4-2-6-10-9(7)8;2*1-2-4-6-5-3-1;/h2*1-6,11H;2*1-5H;/q;;;;+2/p-2. The van der Waals surface area contributed by atoms with Gasteiger partial charge in [-0.25, -0.2) is 0 Å². The average Bonchev–Trinajstić information content (AvgIpc) is 2.94. The molecule has 0 radical (unpaired) electrons. The first-order valence-corrected chi connectivity index (χ1v) is 16.7. The molecule has 4 nitrogen and oxygen atoms in total. The number of nitrogens with zero attached hydrogens (tertiary/aromatic N) is 2. The summed E-state index contributed by atoms with van der Waals surface area (Å²) in [7, 11) is 0. The Morgan fingerprint density at radius 3 is 1.31 bits per heavy atom. The van der Waals surface area contributed by atoms with E-state index in [-0.39, 0.29) is 0 Å². The molecular weight excluding hydrogens is 539 g/mol. The van der Waals surface area contributed by atoms with E-state index >= 15 is 0 Å². The second kappa shape index (κ2) is 9.39. The molecule has 2 heterocycles. The van der Waals surface area contributed by atoms with Crippen molar-refractivity contribution in [1.82, 2.24) is 9.97 Å². The first kappa shape index (κ1) is 21.6. The van der Waals surface area contributed by atoms with Gasteiger partial charge in [-0.05, 0) is 0 Å². The predicted molar refractivity (Wildman–Crippen MR) is 143 cm³/mol. The van der Waals surface area contributed by atoms with Gasteiger partial charge in [0, 0.05) is 0 Å². The molecule has 0 atom stereocenters. The van der Waals surface area contributed by atoms with E-state index in [1.54, 1.807) is 12.4 Å².